The van der Waals surface area contributed by atoms with Crippen LogP contribution in [0.3, 0.4) is 0 Å². The minimum absolute atomic E-state index is 0.325. The molecule has 0 aliphatic rings. The number of hydrogen-bond acceptors (Lipinski definition) is 2. The molecule has 1 heterocycles. The van der Waals surface area contributed by atoms with Crippen molar-refractivity contribution >= 4 is 16.9 Å². The van der Waals surface area contributed by atoms with Crippen molar-refractivity contribution in [2.45, 2.75) is 19.4 Å². The maximum Gasteiger partial charge on any atom is 0.320 e. The quantitative estimate of drug-likeness (QED) is 0.691. The molecule has 2 aromatic carbocycles. The van der Waals surface area contributed by atoms with Crippen molar-refractivity contribution in [3.05, 3.63) is 59.8 Å². The Morgan fingerprint density at radius 3 is 2.59 bits per heavy atom. The monoisotopic (exact) mass is 294 g/mol. The fourth-order valence-corrected chi connectivity index (χ4v) is 2.77. The van der Waals surface area contributed by atoms with Crippen LogP contribution >= 0.6 is 0 Å². The second kappa shape index (κ2) is 5.66. The smallest absolute Gasteiger partial charge is 0.320 e. The lowest BCUT2D eigenvalue weighted by Gasteiger charge is -2.07. The summed E-state index contributed by atoms with van der Waals surface area (Å²) in [6, 6.07) is 15.4. The van der Waals surface area contributed by atoms with Crippen LogP contribution in [0, 0.1) is 6.92 Å². The first-order valence-electron chi connectivity index (χ1n) is 7.21. The first-order chi connectivity index (χ1) is 10.6. The van der Waals surface area contributed by atoms with Crippen LogP contribution in [0.15, 0.2) is 48.5 Å². The van der Waals surface area contributed by atoms with Gasteiger partial charge in [0.05, 0.1) is 0 Å². The molecule has 4 heteroatoms. The van der Waals surface area contributed by atoms with Gasteiger partial charge in [0, 0.05) is 23.0 Å². The third kappa shape index (κ3) is 2.61. The van der Waals surface area contributed by atoms with Crippen LogP contribution in [0.2, 0.25) is 0 Å². The van der Waals surface area contributed by atoms with Gasteiger partial charge in [-0.2, -0.15) is 0 Å². The topological polar surface area (TPSA) is 79.1 Å². The number of hydrogen-bond donors (Lipinski definition) is 3. The van der Waals surface area contributed by atoms with Crippen molar-refractivity contribution < 1.29 is 9.90 Å². The molecule has 112 valence electrons. The molecule has 0 spiro atoms. The number of benzene rings is 2. The molecule has 1 atom stereocenters. The van der Waals surface area contributed by atoms with Crippen LogP contribution in [0.5, 0.6) is 0 Å². The zero-order valence-corrected chi connectivity index (χ0v) is 12.3. The molecule has 1 unspecified atom stereocenters. The predicted molar refractivity (Wildman–Crippen MR) is 87.8 cm³/mol. The molecular formula is C18H18N2O2. The lowest BCUT2D eigenvalue weighted by molar-refractivity contribution is -0.138. The van der Waals surface area contributed by atoms with E-state index < -0.39 is 12.0 Å². The highest BCUT2D eigenvalue weighted by Crippen LogP contribution is 2.28. The van der Waals surface area contributed by atoms with Gasteiger partial charge in [-0.3, -0.25) is 4.79 Å². The number of nitrogens with one attached hydrogen (secondary N) is 1. The minimum atomic E-state index is -0.977. The number of rotatable bonds is 4. The van der Waals surface area contributed by atoms with E-state index in [9.17, 15) is 4.79 Å². The summed E-state index contributed by atoms with van der Waals surface area (Å²) in [7, 11) is 0. The van der Waals surface area contributed by atoms with Crippen molar-refractivity contribution in [2.75, 3.05) is 0 Å². The summed E-state index contributed by atoms with van der Waals surface area (Å²) in [5.41, 5.74) is 10.9. The summed E-state index contributed by atoms with van der Waals surface area (Å²) in [5, 5.41) is 10.0. The van der Waals surface area contributed by atoms with E-state index in [0.717, 1.165) is 33.3 Å². The lowest BCUT2D eigenvalue weighted by Crippen LogP contribution is -2.32. The Kier molecular flexibility index (Phi) is 3.69. The second-order valence-corrected chi connectivity index (χ2v) is 5.50. The van der Waals surface area contributed by atoms with E-state index in [0.29, 0.717) is 6.42 Å². The van der Waals surface area contributed by atoms with E-state index >= 15 is 0 Å². The van der Waals surface area contributed by atoms with Gasteiger partial charge in [-0.25, -0.2) is 0 Å². The van der Waals surface area contributed by atoms with E-state index in [1.165, 1.54) is 0 Å². The highest BCUT2D eigenvalue weighted by molar-refractivity contribution is 5.89. The Bertz CT molecular complexity index is 822. The normalized spacial score (nSPS) is 12.5. The fraction of sp³-hybridized carbons (Fsp3) is 0.167. The zero-order valence-electron chi connectivity index (χ0n) is 12.3. The maximum absolute atomic E-state index is 11.0. The van der Waals surface area contributed by atoms with Crippen molar-refractivity contribution in [1.82, 2.24) is 4.98 Å². The van der Waals surface area contributed by atoms with Gasteiger partial charge in [-0.1, -0.05) is 42.5 Å². The van der Waals surface area contributed by atoms with E-state index in [4.69, 9.17) is 10.8 Å². The number of H-pyrrole nitrogens is 1. The van der Waals surface area contributed by atoms with E-state index in [1.807, 2.05) is 31.2 Å². The van der Waals surface area contributed by atoms with Crippen LogP contribution in [-0.4, -0.2) is 22.1 Å². The van der Waals surface area contributed by atoms with Gasteiger partial charge < -0.3 is 15.8 Å². The first-order valence-corrected chi connectivity index (χ1v) is 7.21. The van der Waals surface area contributed by atoms with Crippen molar-refractivity contribution in [3.63, 3.8) is 0 Å². The first kappa shape index (κ1) is 14.4. The van der Waals surface area contributed by atoms with Crippen molar-refractivity contribution in [3.8, 4) is 11.1 Å². The molecule has 3 rings (SSSR count). The number of aromatic amines is 1. The van der Waals surface area contributed by atoms with Crippen LogP contribution in [-0.2, 0) is 11.2 Å². The highest BCUT2D eigenvalue weighted by atomic mass is 16.4. The number of nitrogens with two attached hydrogens (primary N) is 1. The Morgan fingerprint density at radius 2 is 1.91 bits per heavy atom. The molecule has 0 fully saturated rings. The van der Waals surface area contributed by atoms with Crippen LogP contribution in [0.25, 0.3) is 22.0 Å². The largest absolute Gasteiger partial charge is 0.480 e. The third-order valence-electron chi connectivity index (χ3n) is 3.97. The minimum Gasteiger partial charge on any atom is -0.480 e. The molecule has 0 radical (unpaired) electrons. The highest BCUT2D eigenvalue weighted by Gasteiger charge is 2.17. The summed E-state index contributed by atoms with van der Waals surface area (Å²) in [4.78, 5) is 14.3. The number of carboxylic acid groups (broad SMARTS) is 1. The molecule has 1 aromatic heterocycles. The summed E-state index contributed by atoms with van der Waals surface area (Å²) < 4.78 is 0. The van der Waals surface area contributed by atoms with Crippen LogP contribution in [0.1, 0.15) is 11.3 Å². The summed E-state index contributed by atoms with van der Waals surface area (Å²) in [6.07, 6.45) is 0.325. The molecule has 0 saturated heterocycles. The second-order valence-electron chi connectivity index (χ2n) is 5.50. The Morgan fingerprint density at radius 1 is 1.18 bits per heavy atom. The molecule has 4 N–H and O–H groups in total. The number of carboxylic acids is 1. The zero-order chi connectivity index (χ0) is 15.7. The van der Waals surface area contributed by atoms with Crippen molar-refractivity contribution in [2.24, 2.45) is 5.73 Å². The summed E-state index contributed by atoms with van der Waals surface area (Å²) in [6.45, 7) is 1.95. The molecule has 4 nitrogen and oxygen atoms in total. The number of carbonyl (C=O) groups is 1. The number of aryl methyl sites for hydroxylation is 1. The van der Waals surface area contributed by atoms with Gasteiger partial charge in [0.15, 0.2) is 0 Å². The predicted octanol–water partition coefficient (Wildman–Crippen LogP) is 3.10. The van der Waals surface area contributed by atoms with E-state index in [1.54, 1.807) is 0 Å². The molecule has 0 bridgehead atoms. The van der Waals surface area contributed by atoms with Crippen molar-refractivity contribution in [1.29, 1.82) is 0 Å². The van der Waals surface area contributed by atoms with E-state index in [-0.39, 0.29) is 0 Å². The SMILES string of the molecule is Cc1[nH]c2cc(-c3ccccc3)ccc2c1CC(N)C(=O)O. The number of aliphatic carboxylic acids is 1. The molecule has 3 aromatic rings. The standard InChI is InChI=1S/C18H18N2O2/c1-11-15(10-16(19)18(21)22)14-8-7-13(9-17(14)20-11)12-5-3-2-4-6-12/h2-9,16,20H,10,19H2,1H3,(H,21,22). The molecule has 22 heavy (non-hydrogen) atoms. The Labute approximate surface area is 128 Å². The van der Waals surface area contributed by atoms with Crippen LogP contribution < -0.4 is 5.73 Å². The van der Waals surface area contributed by atoms with E-state index in [2.05, 4.69) is 29.2 Å². The molecule has 0 saturated carbocycles. The average molecular weight is 294 g/mol. The maximum atomic E-state index is 11.0. The van der Waals surface area contributed by atoms with Crippen LogP contribution in [0.4, 0.5) is 0 Å². The molecule has 0 aliphatic carbocycles. The molecule has 0 amide bonds. The Balaban J connectivity index is 2.03. The van der Waals surface area contributed by atoms with Gasteiger partial charge in [-0.15, -0.1) is 0 Å². The average Bonchev–Trinajstić information content (AvgIpc) is 2.83. The number of aromatic nitrogens is 1. The fourth-order valence-electron chi connectivity index (χ4n) is 2.77. The van der Waals surface area contributed by atoms with Gasteiger partial charge in [0.25, 0.3) is 0 Å². The Hall–Kier alpha value is -2.59. The van der Waals surface area contributed by atoms with Gasteiger partial charge in [0.1, 0.15) is 6.04 Å². The summed E-state index contributed by atoms with van der Waals surface area (Å²) in [5.74, 6) is -0.977. The van der Waals surface area contributed by atoms with Gasteiger partial charge >= 0.3 is 5.97 Å². The third-order valence-corrected chi connectivity index (χ3v) is 3.97. The number of fused-ring (bicyclic) bond motifs is 1. The molecule has 0 aliphatic heterocycles. The van der Waals surface area contributed by atoms with Gasteiger partial charge in [0.2, 0.25) is 0 Å². The van der Waals surface area contributed by atoms with Gasteiger partial charge in [-0.05, 0) is 29.7 Å². The lowest BCUT2D eigenvalue weighted by atomic mass is 10.00. The summed E-state index contributed by atoms with van der Waals surface area (Å²) >= 11 is 0. The molecular weight excluding hydrogens is 276 g/mol.